The zero-order valence-electron chi connectivity index (χ0n) is 11.1. The fourth-order valence-electron chi connectivity index (χ4n) is 1.73. The lowest BCUT2D eigenvalue weighted by molar-refractivity contribution is 0.0659. The number of carbonyl (C=O) groups excluding carboxylic acids is 1. The number of benzene rings is 1. The van der Waals surface area contributed by atoms with E-state index in [0.717, 1.165) is 0 Å². The van der Waals surface area contributed by atoms with Crippen molar-refractivity contribution in [2.24, 2.45) is 0 Å². The summed E-state index contributed by atoms with van der Waals surface area (Å²) < 4.78 is 10.1. The molecule has 0 aliphatic heterocycles. The summed E-state index contributed by atoms with van der Waals surface area (Å²) in [5, 5.41) is 11.8. The van der Waals surface area contributed by atoms with Gasteiger partial charge in [0.05, 0.1) is 7.11 Å². The van der Waals surface area contributed by atoms with Crippen LogP contribution in [-0.4, -0.2) is 24.1 Å². The molecule has 0 radical (unpaired) electrons. The van der Waals surface area contributed by atoms with E-state index < -0.39 is 11.9 Å². The molecule has 2 N–H and O–H groups in total. The molecule has 6 nitrogen and oxygen atoms in total. The second-order valence-electron chi connectivity index (χ2n) is 4.07. The molecule has 0 fully saturated rings. The largest absolute Gasteiger partial charge is 0.496 e. The van der Waals surface area contributed by atoms with E-state index in [1.807, 2.05) is 0 Å². The van der Waals surface area contributed by atoms with E-state index in [1.54, 1.807) is 18.2 Å². The molecule has 2 rings (SSSR count). The maximum Gasteiger partial charge on any atom is 0.371 e. The van der Waals surface area contributed by atoms with Gasteiger partial charge in [-0.25, -0.2) is 4.79 Å². The molecule has 0 saturated heterocycles. The van der Waals surface area contributed by atoms with Crippen molar-refractivity contribution in [3.63, 3.8) is 0 Å². The number of methoxy groups -OCH3 is 1. The van der Waals surface area contributed by atoms with Crippen molar-refractivity contribution in [1.29, 1.82) is 0 Å². The Balaban J connectivity index is 2.09. The standard InChI is InChI=1S/C14H12ClNO5/c1-20-10-4-2-3-9(15)8(10)7-16-13(17)11-5-6-12(21-11)14(18)19/h2-6H,7H2,1H3,(H,16,17)(H,18,19). The monoisotopic (exact) mass is 309 g/mol. The first-order chi connectivity index (χ1) is 10.0. The molecule has 2 aromatic rings. The third-order valence-corrected chi connectivity index (χ3v) is 3.12. The molecule has 0 bridgehead atoms. The SMILES string of the molecule is COc1cccc(Cl)c1CNC(=O)c1ccc(C(=O)O)o1. The van der Waals surface area contributed by atoms with Crippen molar-refractivity contribution in [3.8, 4) is 5.75 Å². The molecule has 1 amide bonds. The molecule has 1 aromatic heterocycles. The van der Waals surface area contributed by atoms with Crippen molar-refractivity contribution in [3.05, 3.63) is 52.4 Å². The third-order valence-electron chi connectivity index (χ3n) is 2.76. The van der Waals surface area contributed by atoms with Crippen molar-refractivity contribution < 1.29 is 23.8 Å². The number of ether oxygens (including phenoxy) is 1. The first kappa shape index (κ1) is 14.9. The Kier molecular flexibility index (Phi) is 4.49. The number of nitrogens with one attached hydrogen (secondary N) is 1. The van der Waals surface area contributed by atoms with Crippen LogP contribution in [0.5, 0.6) is 5.75 Å². The van der Waals surface area contributed by atoms with E-state index in [2.05, 4.69) is 5.32 Å². The molecule has 0 saturated carbocycles. The van der Waals surface area contributed by atoms with Gasteiger partial charge in [-0.05, 0) is 24.3 Å². The molecule has 0 spiro atoms. The number of amides is 1. The Morgan fingerprint density at radius 2 is 2.00 bits per heavy atom. The summed E-state index contributed by atoms with van der Waals surface area (Å²) in [6.45, 7) is 0.130. The summed E-state index contributed by atoms with van der Waals surface area (Å²) >= 11 is 6.05. The molecular weight excluding hydrogens is 298 g/mol. The van der Waals surface area contributed by atoms with Crippen molar-refractivity contribution >= 4 is 23.5 Å². The lowest BCUT2D eigenvalue weighted by Gasteiger charge is -2.10. The Hall–Kier alpha value is -2.47. The average Bonchev–Trinajstić information content (AvgIpc) is 2.95. The number of carboxylic acids is 1. The van der Waals surface area contributed by atoms with Gasteiger partial charge in [-0.15, -0.1) is 0 Å². The predicted octanol–water partition coefficient (Wildman–Crippen LogP) is 2.57. The van der Waals surface area contributed by atoms with Crippen LogP contribution in [0.2, 0.25) is 5.02 Å². The maximum atomic E-state index is 11.9. The van der Waals surface area contributed by atoms with Crippen molar-refractivity contribution in [2.75, 3.05) is 7.11 Å². The van der Waals surface area contributed by atoms with Crippen molar-refractivity contribution in [2.45, 2.75) is 6.54 Å². The molecule has 0 unspecified atom stereocenters. The van der Waals surface area contributed by atoms with Crippen LogP contribution in [0.25, 0.3) is 0 Å². The van der Waals surface area contributed by atoms with Gasteiger partial charge in [-0.1, -0.05) is 17.7 Å². The Morgan fingerprint density at radius 3 is 2.62 bits per heavy atom. The van der Waals surface area contributed by atoms with Crippen LogP contribution >= 0.6 is 11.6 Å². The smallest absolute Gasteiger partial charge is 0.371 e. The number of aromatic carboxylic acids is 1. The highest BCUT2D eigenvalue weighted by Crippen LogP contribution is 2.26. The molecule has 1 heterocycles. The van der Waals surface area contributed by atoms with Gasteiger partial charge < -0.3 is 19.6 Å². The summed E-state index contributed by atoms with van der Waals surface area (Å²) in [7, 11) is 1.50. The molecule has 0 atom stereocenters. The molecular formula is C14H12ClNO5. The highest BCUT2D eigenvalue weighted by atomic mass is 35.5. The minimum absolute atomic E-state index is 0.0848. The average molecular weight is 310 g/mol. The summed E-state index contributed by atoms with van der Waals surface area (Å²) in [5.74, 6) is -1.60. The van der Waals surface area contributed by atoms with Crippen LogP contribution in [0.4, 0.5) is 0 Å². The summed E-state index contributed by atoms with van der Waals surface area (Å²) in [5.41, 5.74) is 0.625. The zero-order valence-corrected chi connectivity index (χ0v) is 11.8. The van der Waals surface area contributed by atoms with Crippen LogP contribution in [0.3, 0.4) is 0 Å². The molecule has 110 valence electrons. The van der Waals surface area contributed by atoms with Gasteiger partial charge in [0.15, 0.2) is 5.76 Å². The molecule has 0 aliphatic rings. The van der Waals surface area contributed by atoms with Gasteiger partial charge in [0.2, 0.25) is 5.76 Å². The van der Waals surface area contributed by atoms with Crippen LogP contribution in [0.1, 0.15) is 26.7 Å². The topological polar surface area (TPSA) is 88.8 Å². The lowest BCUT2D eigenvalue weighted by atomic mass is 10.2. The Morgan fingerprint density at radius 1 is 1.29 bits per heavy atom. The number of carboxylic acid groups (broad SMARTS) is 1. The van der Waals surface area contributed by atoms with Gasteiger partial charge in [0.25, 0.3) is 5.91 Å². The number of hydrogen-bond acceptors (Lipinski definition) is 4. The lowest BCUT2D eigenvalue weighted by Crippen LogP contribution is -2.22. The quantitative estimate of drug-likeness (QED) is 0.886. The molecule has 1 aromatic carbocycles. The van der Waals surface area contributed by atoms with Gasteiger partial charge in [0, 0.05) is 17.1 Å². The fourth-order valence-corrected chi connectivity index (χ4v) is 1.96. The van der Waals surface area contributed by atoms with E-state index in [-0.39, 0.29) is 18.1 Å². The van der Waals surface area contributed by atoms with Crippen LogP contribution < -0.4 is 10.1 Å². The number of furan rings is 1. The molecule has 21 heavy (non-hydrogen) atoms. The van der Waals surface area contributed by atoms with Gasteiger partial charge in [-0.2, -0.15) is 0 Å². The number of rotatable bonds is 5. The van der Waals surface area contributed by atoms with Crippen LogP contribution in [0.15, 0.2) is 34.7 Å². The highest BCUT2D eigenvalue weighted by molar-refractivity contribution is 6.31. The van der Waals surface area contributed by atoms with Gasteiger partial charge in [-0.3, -0.25) is 4.79 Å². The van der Waals surface area contributed by atoms with E-state index in [4.69, 9.17) is 25.9 Å². The van der Waals surface area contributed by atoms with Gasteiger partial charge in [0.1, 0.15) is 5.75 Å². The third kappa shape index (κ3) is 3.35. The molecule has 7 heteroatoms. The number of halogens is 1. The summed E-state index contributed by atoms with van der Waals surface area (Å²) in [4.78, 5) is 22.6. The van der Waals surface area contributed by atoms with Crippen LogP contribution in [0, 0.1) is 0 Å². The van der Waals surface area contributed by atoms with E-state index in [1.165, 1.54) is 19.2 Å². The Bertz CT molecular complexity index is 680. The van der Waals surface area contributed by atoms with Gasteiger partial charge >= 0.3 is 5.97 Å². The first-order valence-electron chi connectivity index (χ1n) is 5.95. The minimum Gasteiger partial charge on any atom is -0.496 e. The molecule has 0 aliphatic carbocycles. The fraction of sp³-hybridized carbons (Fsp3) is 0.143. The first-order valence-corrected chi connectivity index (χ1v) is 6.33. The Labute approximate surface area is 125 Å². The normalized spacial score (nSPS) is 10.2. The van der Waals surface area contributed by atoms with E-state index in [0.29, 0.717) is 16.3 Å². The van der Waals surface area contributed by atoms with Crippen molar-refractivity contribution in [1.82, 2.24) is 5.32 Å². The second kappa shape index (κ2) is 6.32. The predicted molar refractivity (Wildman–Crippen MR) is 74.8 cm³/mol. The number of carbonyl (C=O) groups is 2. The zero-order chi connectivity index (χ0) is 15.4. The summed E-state index contributed by atoms with van der Waals surface area (Å²) in [6.07, 6.45) is 0. The summed E-state index contributed by atoms with van der Waals surface area (Å²) in [6, 6.07) is 7.65. The minimum atomic E-state index is -1.23. The van der Waals surface area contributed by atoms with E-state index >= 15 is 0 Å². The van der Waals surface area contributed by atoms with E-state index in [9.17, 15) is 9.59 Å². The number of hydrogen-bond donors (Lipinski definition) is 2. The second-order valence-corrected chi connectivity index (χ2v) is 4.48. The van der Waals surface area contributed by atoms with Crippen LogP contribution in [-0.2, 0) is 6.54 Å². The highest BCUT2D eigenvalue weighted by Gasteiger charge is 2.16. The maximum absolute atomic E-state index is 11.9.